The van der Waals surface area contributed by atoms with Gasteiger partial charge in [-0.2, -0.15) is 0 Å². The van der Waals surface area contributed by atoms with Crippen LogP contribution in [0.4, 0.5) is 5.69 Å². The third kappa shape index (κ3) is 4.12. The molecule has 0 radical (unpaired) electrons. The summed E-state index contributed by atoms with van der Waals surface area (Å²) in [6.07, 6.45) is 3.16. The third-order valence-electron chi connectivity index (χ3n) is 2.72. The number of anilines is 1. The van der Waals surface area contributed by atoms with Gasteiger partial charge in [0.2, 0.25) is 5.91 Å². The monoisotopic (exact) mass is 305 g/mol. The molecular formula is C16H13Cl2NO. The maximum Gasteiger partial charge on any atom is 0.248 e. The Bertz CT molecular complexity index is 665. The molecule has 0 aliphatic rings. The van der Waals surface area contributed by atoms with Crippen LogP contribution in [-0.4, -0.2) is 5.91 Å². The van der Waals surface area contributed by atoms with Gasteiger partial charge in [0.05, 0.1) is 0 Å². The van der Waals surface area contributed by atoms with Crippen molar-refractivity contribution in [3.8, 4) is 0 Å². The van der Waals surface area contributed by atoms with Crippen molar-refractivity contribution in [1.29, 1.82) is 0 Å². The summed E-state index contributed by atoms with van der Waals surface area (Å²) in [5.74, 6) is -0.218. The smallest absolute Gasteiger partial charge is 0.248 e. The Morgan fingerprint density at radius 2 is 1.95 bits per heavy atom. The number of carbonyl (C=O) groups excluding carboxylic acids is 1. The Morgan fingerprint density at radius 1 is 1.15 bits per heavy atom. The Labute approximate surface area is 128 Å². The van der Waals surface area contributed by atoms with Gasteiger partial charge in [0.1, 0.15) is 0 Å². The number of rotatable bonds is 3. The zero-order valence-electron chi connectivity index (χ0n) is 10.9. The summed E-state index contributed by atoms with van der Waals surface area (Å²) in [5.41, 5.74) is 2.51. The van der Waals surface area contributed by atoms with Crippen LogP contribution in [0.15, 0.2) is 48.5 Å². The fourth-order valence-corrected chi connectivity index (χ4v) is 2.02. The largest absolute Gasteiger partial charge is 0.322 e. The molecule has 0 atom stereocenters. The molecule has 0 aromatic heterocycles. The zero-order chi connectivity index (χ0) is 14.5. The topological polar surface area (TPSA) is 29.1 Å². The highest BCUT2D eigenvalue weighted by molar-refractivity contribution is 6.31. The summed E-state index contributed by atoms with van der Waals surface area (Å²) in [6.45, 7) is 1.91. The van der Waals surface area contributed by atoms with Crippen LogP contribution in [0.1, 0.15) is 11.1 Å². The van der Waals surface area contributed by atoms with Crippen molar-refractivity contribution < 1.29 is 4.79 Å². The summed E-state index contributed by atoms with van der Waals surface area (Å²) >= 11 is 11.9. The molecule has 1 amide bonds. The number of hydrogen-bond donors (Lipinski definition) is 1. The van der Waals surface area contributed by atoms with E-state index >= 15 is 0 Å². The molecule has 20 heavy (non-hydrogen) atoms. The number of aryl methyl sites for hydroxylation is 1. The van der Waals surface area contributed by atoms with E-state index in [4.69, 9.17) is 23.2 Å². The van der Waals surface area contributed by atoms with E-state index in [-0.39, 0.29) is 5.91 Å². The van der Waals surface area contributed by atoms with Crippen LogP contribution in [0.25, 0.3) is 6.08 Å². The molecule has 4 heteroatoms. The predicted octanol–water partition coefficient (Wildman–Crippen LogP) is 4.95. The molecule has 2 rings (SSSR count). The number of hydrogen-bond acceptors (Lipinski definition) is 1. The Hall–Kier alpha value is -1.77. The summed E-state index contributed by atoms with van der Waals surface area (Å²) in [6, 6.07) is 12.7. The van der Waals surface area contributed by atoms with E-state index in [1.54, 1.807) is 24.3 Å². The normalized spacial score (nSPS) is 10.8. The second-order valence-electron chi connectivity index (χ2n) is 4.34. The zero-order valence-corrected chi connectivity index (χ0v) is 12.4. The van der Waals surface area contributed by atoms with Gasteiger partial charge < -0.3 is 5.32 Å². The van der Waals surface area contributed by atoms with E-state index in [2.05, 4.69) is 5.32 Å². The van der Waals surface area contributed by atoms with Crippen molar-refractivity contribution in [2.45, 2.75) is 6.92 Å². The highest BCUT2D eigenvalue weighted by Gasteiger charge is 2.01. The lowest BCUT2D eigenvalue weighted by Crippen LogP contribution is -2.07. The molecule has 0 bridgehead atoms. The summed E-state index contributed by atoms with van der Waals surface area (Å²) in [7, 11) is 0. The lowest BCUT2D eigenvalue weighted by atomic mass is 10.2. The van der Waals surface area contributed by atoms with Gasteiger partial charge in [0.25, 0.3) is 0 Å². The predicted molar refractivity (Wildman–Crippen MR) is 85.3 cm³/mol. The quantitative estimate of drug-likeness (QED) is 0.798. The SMILES string of the molecule is Cc1ccc(NC(=O)C=Cc2cccc(Cl)c2)cc1Cl. The van der Waals surface area contributed by atoms with Crippen molar-refractivity contribution in [2.75, 3.05) is 5.32 Å². The molecular weight excluding hydrogens is 293 g/mol. The van der Waals surface area contributed by atoms with Crippen molar-refractivity contribution in [3.05, 3.63) is 69.7 Å². The summed E-state index contributed by atoms with van der Waals surface area (Å²) < 4.78 is 0. The highest BCUT2D eigenvalue weighted by atomic mass is 35.5. The van der Waals surface area contributed by atoms with Gasteiger partial charge in [-0.15, -0.1) is 0 Å². The summed E-state index contributed by atoms with van der Waals surface area (Å²) in [4.78, 5) is 11.8. The first-order valence-corrected chi connectivity index (χ1v) is 6.81. The van der Waals surface area contributed by atoms with Crippen LogP contribution in [0.5, 0.6) is 0 Å². The summed E-state index contributed by atoms with van der Waals surface area (Å²) in [5, 5.41) is 4.02. The molecule has 0 saturated heterocycles. The number of halogens is 2. The van der Waals surface area contributed by atoms with Crippen LogP contribution >= 0.6 is 23.2 Å². The van der Waals surface area contributed by atoms with Crippen LogP contribution < -0.4 is 5.32 Å². The first kappa shape index (κ1) is 14.6. The molecule has 0 unspecified atom stereocenters. The van der Waals surface area contributed by atoms with Crippen LogP contribution in [0, 0.1) is 6.92 Å². The van der Waals surface area contributed by atoms with E-state index in [1.165, 1.54) is 6.08 Å². The second kappa shape index (κ2) is 6.60. The van der Waals surface area contributed by atoms with Gasteiger partial charge in [-0.05, 0) is 48.4 Å². The molecule has 0 heterocycles. The minimum atomic E-state index is -0.218. The second-order valence-corrected chi connectivity index (χ2v) is 5.19. The van der Waals surface area contributed by atoms with E-state index in [1.807, 2.05) is 31.2 Å². The van der Waals surface area contributed by atoms with Crippen molar-refractivity contribution in [3.63, 3.8) is 0 Å². The average Bonchev–Trinajstić information content (AvgIpc) is 2.41. The van der Waals surface area contributed by atoms with E-state index < -0.39 is 0 Å². The Balaban J connectivity index is 2.03. The molecule has 0 fully saturated rings. The van der Waals surface area contributed by atoms with Gasteiger partial charge in [-0.1, -0.05) is 41.4 Å². The van der Waals surface area contributed by atoms with E-state index in [0.29, 0.717) is 15.7 Å². The van der Waals surface area contributed by atoms with Gasteiger partial charge in [0.15, 0.2) is 0 Å². The maximum absolute atomic E-state index is 11.8. The van der Waals surface area contributed by atoms with Gasteiger partial charge >= 0.3 is 0 Å². The van der Waals surface area contributed by atoms with Crippen molar-refractivity contribution >= 4 is 40.9 Å². The Morgan fingerprint density at radius 3 is 2.65 bits per heavy atom. The fraction of sp³-hybridized carbons (Fsp3) is 0.0625. The lowest BCUT2D eigenvalue weighted by Gasteiger charge is -2.04. The van der Waals surface area contributed by atoms with Crippen molar-refractivity contribution in [2.24, 2.45) is 0 Å². The third-order valence-corrected chi connectivity index (χ3v) is 3.36. The molecule has 2 aromatic rings. The van der Waals surface area contributed by atoms with Crippen LogP contribution in [0.2, 0.25) is 10.0 Å². The van der Waals surface area contributed by atoms with E-state index in [0.717, 1.165) is 11.1 Å². The first-order chi connectivity index (χ1) is 9.54. The fourth-order valence-electron chi connectivity index (χ4n) is 1.64. The number of nitrogens with one attached hydrogen (secondary N) is 1. The number of benzene rings is 2. The molecule has 2 aromatic carbocycles. The molecule has 0 spiro atoms. The molecule has 0 saturated carbocycles. The lowest BCUT2D eigenvalue weighted by molar-refractivity contribution is -0.111. The van der Waals surface area contributed by atoms with Gasteiger partial charge in [-0.25, -0.2) is 0 Å². The molecule has 0 aliphatic carbocycles. The first-order valence-electron chi connectivity index (χ1n) is 6.05. The molecule has 0 aliphatic heterocycles. The highest BCUT2D eigenvalue weighted by Crippen LogP contribution is 2.20. The average molecular weight is 306 g/mol. The molecule has 1 N–H and O–H groups in total. The Kier molecular flexibility index (Phi) is 4.83. The molecule has 2 nitrogen and oxygen atoms in total. The minimum Gasteiger partial charge on any atom is -0.322 e. The number of carbonyl (C=O) groups is 1. The van der Waals surface area contributed by atoms with Crippen molar-refractivity contribution in [1.82, 2.24) is 0 Å². The maximum atomic E-state index is 11.8. The van der Waals surface area contributed by atoms with Crippen LogP contribution in [-0.2, 0) is 4.79 Å². The van der Waals surface area contributed by atoms with E-state index in [9.17, 15) is 4.79 Å². The van der Waals surface area contributed by atoms with Gasteiger partial charge in [0, 0.05) is 21.8 Å². The molecule has 102 valence electrons. The number of amides is 1. The van der Waals surface area contributed by atoms with Crippen LogP contribution in [0.3, 0.4) is 0 Å². The minimum absolute atomic E-state index is 0.218. The van der Waals surface area contributed by atoms with Gasteiger partial charge in [-0.3, -0.25) is 4.79 Å². The standard InChI is InChI=1S/C16H13Cl2NO/c1-11-5-7-14(10-15(11)18)19-16(20)8-6-12-3-2-4-13(17)9-12/h2-10H,1H3,(H,19,20).